The first-order valence-electron chi connectivity index (χ1n) is 9.35. The number of nitro groups is 1. The predicted octanol–water partition coefficient (Wildman–Crippen LogP) is 2.34. The molecule has 1 saturated heterocycles. The van der Waals surface area contributed by atoms with Gasteiger partial charge in [0.25, 0.3) is 5.69 Å². The molecule has 1 aliphatic heterocycles. The van der Waals surface area contributed by atoms with Crippen molar-refractivity contribution < 1.29 is 4.92 Å². The van der Waals surface area contributed by atoms with Gasteiger partial charge >= 0.3 is 0 Å². The molecule has 9 heteroatoms. The van der Waals surface area contributed by atoms with E-state index in [9.17, 15) is 10.1 Å². The molecule has 2 N–H and O–H groups in total. The van der Waals surface area contributed by atoms with E-state index in [4.69, 9.17) is 12.2 Å². The fourth-order valence-corrected chi connectivity index (χ4v) is 3.18. The Labute approximate surface area is 175 Å². The first-order valence-corrected chi connectivity index (χ1v) is 9.76. The van der Waals surface area contributed by atoms with Crippen molar-refractivity contribution in [2.24, 2.45) is 5.10 Å². The van der Waals surface area contributed by atoms with E-state index in [1.54, 1.807) is 12.1 Å². The van der Waals surface area contributed by atoms with Crippen molar-refractivity contribution in [3.05, 3.63) is 69.8 Å². The van der Waals surface area contributed by atoms with E-state index in [0.29, 0.717) is 17.2 Å². The molecule has 2 aromatic rings. The Kier molecular flexibility index (Phi) is 7.09. The third-order valence-electron chi connectivity index (χ3n) is 4.74. The van der Waals surface area contributed by atoms with E-state index in [0.717, 1.165) is 37.4 Å². The summed E-state index contributed by atoms with van der Waals surface area (Å²) in [6.07, 6.45) is 1.44. The van der Waals surface area contributed by atoms with Crippen LogP contribution in [-0.4, -0.2) is 54.4 Å². The number of hydrazone groups is 1. The van der Waals surface area contributed by atoms with Gasteiger partial charge in [0.15, 0.2) is 5.11 Å². The smallest absolute Gasteiger partial charge is 0.278 e. The zero-order valence-corrected chi connectivity index (χ0v) is 17.1. The van der Waals surface area contributed by atoms with Crippen LogP contribution in [0.2, 0.25) is 0 Å². The summed E-state index contributed by atoms with van der Waals surface area (Å²) in [5.74, 6) is 0. The number of rotatable bonds is 6. The SMILES string of the molecule is CN1CCN(c2ccc([N+](=O)[O-])c(C=NNC(=S)NCc3ccccc3)c2)CC1. The second-order valence-corrected chi connectivity index (χ2v) is 7.24. The fraction of sp³-hybridized carbons (Fsp3) is 0.300. The maximum atomic E-state index is 11.4. The molecule has 8 nitrogen and oxygen atoms in total. The molecular formula is C20H24N6O2S. The summed E-state index contributed by atoms with van der Waals surface area (Å²) in [6, 6.07) is 15.0. The molecule has 0 atom stereocenters. The lowest BCUT2D eigenvalue weighted by Crippen LogP contribution is -2.44. The number of nitro benzene ring substituents is 1. The average Bonchev–Trinajstić information content (AvgIpc) is 2.73. The summed E-state index contributed by atoms with van der Waals surface area (Å²) in [5.41, 5.74) is 5.21. The second kappa shape index (κ2) is 9.94. The van der Waals surface area contributed by atoms with E-state index in [2.05, 4.69) is 32.7 Å². The van der Waals surface area contributed by atoms with Gasteiger partial charge in [0.05, 0.1) is 16.7 Å². The highest BCUT2D eigenvalue weighted by molar-refractivity contribution is 7.80. The van der Waals surface area contributed by atoms with Crippen molar-refractivity contribution in [2.75, 3.05) is 38.1 Å². The van der Waals surface area contributed by atoms with Gasteiger partial charge in [-0.2, -0.15) is 5.10 Å². The van der Waals surface area contributed by atoms with Crippen LogP contribution < -0.4 is 15.6 Å². The highest BCUT2D eigenvalue weighted by Crippen LogP contribution is 2.24. The Bertz CT molecular complexity index is 882. The van der Waals surface area contributed by atoms with E-state index >= 15 is 0 Å². The molecule has 1 heterocycles. The van der Waals surface area contributed by atoms with Gasteiger partial charge in [0.2, 0.25) is 0 Å². The summed E-state index contributed by atoms with van der Waals surface area (Å²) in [5, 5.41) is 18.9. The zero-order valence-electron chi connectivity index (χ0n) is 16.2. The van der Waals surface area contributed by atoms with Crippen LogP contribution in [0, 0.1) is 10.1 Å². The normalized spacial score (nSPS) is 14.7. The Hall–Kier alpha value is -3.04. The predicted molar refractivity (Wildman–Crippen MR) is 119 cm³/mol. The van der Waals surface area contributed by atoms with Crippen LogP contribution in [0.4, 0.5) is 11.4 Å². The molecule has 0 aliphatic carbocycles. The quantitative estimate of drug-likeness (QED) is 0.326. The minimum absolute atomic E-state index is 0.0107. The molecule has 0 bridgehead atoms. The molecule has 2 aromatic carbocycles. The molecule has 1 aliphatic rings. The lowest BCUT2D eigenvalue weighted by molar-refractivity contribution is -0.385. The molecule has 0 unspecified atom stereocenters. The van der Waals surface area contributed by atoms with Crippen LogP contribution >= 0.6 is 12.2 Å². The third kappa shape index (κ3) is 5.97. The highest BCUT2D eigenvalue weighted by Gasteiger charge is 2.18. The standard InChI is InChI=1S/C20H24N6O2S/c1-24-9-11-25(12-10-24)18-7-8-19(26(27)28)17(13-18)15-22-23-20(29)21-14-16-5-3-2-4-6-16/h2-8,13,15H,9-12,14H2,1H3,(H2,21,23,29). The summed E-state index contributed by atoms with van der Waals surface area (Å²) in [7, 11) is 2.09. The molecule has 0 saturated carbocycles. The largest absolute Gasteiger partial charge is 0.369 e. The second-order valence-electron chi connectivity index (χ2n) is 6.83. The number of nitrogens with one attached hydrogen (secondary N) is 2. The average molecular weight is 413 g/mol. The van der Waals surface area contributed by atoms with Crippen LogP contribution in [0.15, 0.2) is 53.6 Å². The maximum Gasteiger partial charge on any atom is 0.278 e. The number of piperazine rings is 1. The number of benzene rings is 2. The van der Waals surface area contributed by atoms with Crippen molar-refractivity contribution in [3.63, 3.8) is 0 Å². The van der Waals surface area contributed by atoms with Gasteiger partial charge in [-0.25, -0.2) is 0 Å². The van der Waals surface area contributed by atoms with Gasteiger partial charge in [-0.3, -0.25) is 15.5 Å². The van der Waals surface area contributed by atoms with E-state index in [1.165, 1.54) is 12.3 Å². The summed E-state index contributed by atoms with van der Waals surface area (Å²) < 4.78 is 0. The summed E-state index contributed by atoms with van der Waals surface area (Å²) >= 11 is 5.21. The van der Waals surface area contributed by atoms with E-state index in [1.807, 2.05) is 30.3 Å². The monoisotopic (exact) mass is 412 g/mol. The van der Waals surface area contributed by atoms with Gasteiger partial charge < -0.3 is 15.1 Å². The fourth-order valence-electron chi connectivity index (χ4n) is 3.05. The van der Waals surface area contributed by atoms with Crippen molar-refractivity contribution >= 4 is 34.9 Å². The number of anilines is 1. The molecule has 0 radical (unpaired) electrons. The molecule has 152 valence electrons. The summed E-state index contributed by atoms with van der Waals surface area (Å²) in [4.78, 5) is 15.5. The van der Waals surface area contributed by atoms with Crippen molar-refractivity contribution in [2.45, 2.75) is 6.54 Å². The zero-order chi connectivity index (χ0) is 20.6. The number of thiocarbonyl (C=S) groups is 1. The van der Waals surface area contributed by atoms with Crippen LogP contribution in [0.3, 0.4) is 0 Å². The molecule has 0 spiro atoms. The van der Waals surface area contributed by atoms with Gasteiger partial charge in [-0.1, -0.05) is 30.3 Å². The minimum Gasteiger partial charge on any atom is -0.369 e. The number of nitrogens with zero attached hydrogens (tertiary/aromatic N) is 4. The Morgan fingerprint density at radius 2 is 1.93 bits per heavy atom. The summed E-state index contributed by atoms with van der Waals surface area (Å²) in [6.45, 7) is 4.27. The third-order valence-corrected chi connectivity index (χ3v) is 4.98. The number of likely N-dealkylation sites (N-methyl/N-ethyl adjacent to an activating group) is 1. The van der Waals surface area contributed by atoms with Crippen LogP contribution in [0.5, 0.6) is 0 Å². The lowest BCUT2D eigenvalue weighted by Gasteiger charge is -2.34. The van der Waals surface area contributed by atoms with Crippen LogP contribution in [-0.2, 0) is 6.54 Å². The van der Waals surface area contributed by atoms with Crippen LogP contribution in [0.1, 0.15) is 11.1 Å². The van der Waals surface area contributed by atoms with Gasteiger partial charge in [-0.15, -0.1) is 0 Å². The molecule has 0 amide bonds. The van der Waals surface area contributed by atoms with Crippen molar-refractivity contribution in [1.29, 1.82) is 0 Å². The Morgan fingerprint density at radius 1 is 1.21 bits per heavy atom. The minimum atomic E-state index is -0.402. The van der Waals surface area contributed by atoms with E-state index in [-0.39, 0.29) is 5.69 Å². The van der Waals surface area contributed by atoms with Gasteiger partial charge in [-0.05, 0) is 37.0 Å². The molecule has 29 heavy (non-hydrogen) atoms. The molecule has 3 rings (SSSR count). The number of hydrogen-bond donors (Lipinski definition) is 2. The molecule has 1 fully saturated rings. The first kappa shape index (κ1) is 20.7. The van der Waals surface area contributed by atoms with Crippen LogP contribution in [0.25, 0.3) is 0 Å². The van der Waals surface area contributed by atoms with Crippen molar-refractivity contribution in [3.8, 4) is 0 Å². The lowest BCUT2D eigenvalue weighted by atomic mass is 10.1. The maximum absolute atomic E-state index is 11.4. The molecular weight excluding hydrogens is 388 g/mol. The first-order chi connectivity index (χ1) is 14.0. The van der Waals surface area contributed by atoms with E-state index < -0.39 is 4.92 Å². The Morgan fingerprint density at radius 3 is 2.62 bits per heavy atom. The van der Waals surface area contributed by atoms with Gasteiger partial charge in [0, 0.05) is 44.5 Å². The highest BCUT2D eigenvalue weighted by atomic mass is 32.1. The topological polar surface area (TPSA) is 86.0 Å². The molecule has 0 aromatic heterocycles. The van der Waals surface area contributed by atoms with Crippen molar-refractivity contribution in [1.82, 2.24) is 15.6 Å². The Balaban J connectivity index is 1.63. The number of hydrogen-bond acceptors (Lipinski definition) is 6. The van der Waals surface area contributed by atoms with Gasteiger partial charge in [0.1, 0.15) is 0 Å².